The summed E-state index contributed by atoms with van der Waals surface area (Å²) < 4.78 is 28.4. The predicted octanol–water partition coefficient (Wildman–Crippen LogP) is 1.93. The van der Waals surface area contributed by atoms with Gasteiger partial charge in [0.05, 0.1) is 33.9 Å². The summed E-state index contributed by atoms with van der Waals surface area (Å²) in [5.41, 5.74) is 2.62. The molecule has 3 heterocycles. The third-order valence-corrected chi connectivity index (χ3v) is 6.70. The topological polar surface area (TPSA) is 85.2 Å². The van der Waals surface area contributed by atoms with Gasteiger partial charge in [0, 0.05) is 25.4 Å². The van der Waals surface area contributed by atoms with Gasteiger partial charge in [0.15, 0.2) is 0 Å². The van der Waals surface area contributed by atoms with E-state index in [1.165, 1.54) is 27.2 Å². The zero-order valence-corrected chi connectivity index (χ0v) is 15.8. The van der Waals surface area contributed by atoms with Gasteiger partial charge >= 0.3 is 0 Å². The molecule has 0 spiro atoms. The van der Waals surface area contributed by atoms with E-state index in [0.29, 0.717) is 24.5 Å². The minimum atomic E-state index is -3.58. The maximum Gasteiger partial charge on any atom is 0.250 e. The third-order valence-electron chi connectivity index (χ3n) is 4.82. The van der Waals surface area contributed by atoms with E-state index in [0.717, 1.165) is 23.9 Å². The van der Waals surface area contributed by atoms with Crippen LogP contribution in [0.4, 0.5) is 0 Å². The minimum Gasteiger partial charge on any atom is -0.308 e. The Bertz CT molecular complexity index is 1170. The molecule has 27 heavy (non-hydrogen) atoms. The maximum atomic E-state index is 12.8. The fourth-order valence-electron chi connectivity index (χ4n) is 3.30. The first-order valence-electron chi connectivity index (χ1n) is 8.88. The highest BCUT2D eigenvalue weighted by atomic mass is 32.2. The van der Waals surface area contributed by atoms with Gasteiger partial charge in [-0.1, -0.05) is 12.1 Å². The van der Waals surface area contributed by atoms with Crippen molar-refractivity contribution in [1.29, 1.82) is 0 Å². The molecule has 0 radical (unpaired) electrons. The molecule has 8 heteroatoms. The third kappa shape index (κ3) is 3.38. The first kappa shape index (κ1) is 17.8. The van der Waals surface area contributed by atoms with Gasteiger partial charge in [0.25, 0.3) is 5.56 Å². The normalized spacial score (nSPS) is 15.4. The van der Waals surface area contributed by atoms with Crippen molar-refractivity contribution in [3.63, 3.8) is 0 Å². The maximum absolute atomic E-state index is 12.8. The molecule has 0 atom stereocenters. The van der Waals surface area contributed by atoms with Crippen LogP contribution in [-0.4, -0.2) is 40.3 Å². The molecule has 1 aromatic carbocycles. The van der Waals surface area contributed by atoms with E-state index in [1.807, 2.05) is 31.2 Å². The number of pyridine rings is 1. The summed E-state index contributed by atoms with van der Waals surface area (Å²) in [6.07, 6.45) is 3.14. The number of rotatable bonds is 4. The summed E-state index contributed by atoms with van der Waals surface area (Å²) >= 11 is 0. The van der Waals surface area contributed by atoms with E-state index in [9.17, 15) is 13.2 Å². The Kier molecular flexibility index (Phi) is 4.53. The molecule has 1 aliphatic heterocycles. The van der Waals surface area contributed by atoms with Crippen LogP contribution < -0.4 is 5.56 Å². The Morgan fingerprint density at radius 1 is 1.00 bits per heavy atom. The van der Waals surface area contributed by atoms with Gasteiger partial charge in [0.2, 0.25) is 10.0 Å². The van der Waals surface area contributed by atoms with Crippen LogP contribution in [0.1, 0.15) is 24.2 Å². The summed E-state index contributed by atoms with van der Waals surface area (Å²) in [5, 5.41) is 0. The highest BCUT2D eigenvalue weighted by Crippen LogP contribution is 2.20. The van der Waals surface area contributed by atoms with Crippen molar-refractivity contribution < 1.29 is 8.42 Å². The van der Waals surface area contributed by atoms with Crippen molar-refractivity contribution in [2.45, 2.75) is 31.2 Å². The van der Waals surface area contributed by atoms with Crippen LogP contribution >= 0.6 is 0 Å². The second-order valence-corrected chi connectivity index (χ2v) is 8.62. The number of nitrogens with zero attached hydrogens (tertiary/aromatic N) is 4. The molecule has 0 amide bonds. The van der Waals surface area contributed by atoms with E-state index in [4.69, 9.17) is 0 Å². The van der Waals surface area contributed by atoms with Crippen LogP contribution in [-0.2, 0) is 16.6 Å². The monoisotopic (exact) mass is 384 g/mol. The lowest BCUT2D eigenvalue weighted by Crippen LogP contribution is -2.30. The Morgan fingerprint density at radius 2 is 1.67 bits per heavy atom. The zero-order valence-electron chi connectivity index (χ0n) is 15.0. The average molecular weight is 384 g/mol. The molecule has 140 valence electrons. The SMILES string of the molecule is Cc1nc2ccccc2nc1Cn1cc(S(=O)(=O)N2CCCC2)ccc1=O. The number of aryl methyl sites for hydroxylation is 1. The van der Waals surface area contributed by atoms with Crippen LogP contribution in [0.3, 0.4) is 0 Å². The van der Waals surface area contributed by atoms with Crippen LogP contribution in [0.5, 0.6) is 0 Å². The fraction of sp³-hybridized carbons (Fsp3) is 0.316. The number of hydrogen-bond donors (Lipinski definition) is 0. The molecular weight excluding hydrogens is 364 g/mol. The number of aromatic nitrogens is 3. The van der Waals surface area contributed by atoms with Crippen molar-refractivity contribution in [2.24, 2.45) is 0 Å². The van der Waals surface area contributed by atoms with Crippen LogP contribution in [0.2, 0.25) is 0 Å². The van der Waals surface area contributed by atoms with Gasteiger partial charge in [-0.2, -0.15) is 4.31 Å². The summed E-state index contributed by atoms with van der Waals surface area (Å²) in [4.78, 5) is 21.6. The molecule has 0 aliphatic carbocycles. The average Bonchev–Trinajstić information content (AvgIpc) is 3.19. The molecule has 0 bridgehead atoms. The van der Waals surface area contributed by atoms with Gasteiger partial charge in [-0.05, 0) is 38.0 Å². The largest absolute Gasteiger partial charge is 0.308 e. The van der Waals surface area contributed by atoms with Crippen molar-refractivity contribution in [3.05, 3.63) is 64.3 Å². The van der Waals surface area contributed by atoms with Gasteiger partial charge in [-0.15, -0.1) is 0 Å². The van der Waals surface area contributed by atoms with Crippen LogP contribution in [0.15, 0.2) is 52.3 Å². The lowest BCUT2D eigenvalue weighted by atomic mass is 10.2. The number of benzene rings is 1. The molecule has 0 unspecified atom stereocenters. The molecule has 7 nitrogen and oxygen atoms in total. The van der Waals surface area contributed by atoms with Gasteiger partial charge in [0.1, 0.15) is 0 Å². The van der Waals surface area contributed by atoms with E-state index in [1.54, 1.807) is 0 Å². The first-order chi connectivity index (χ1) is 12.9. The van der Waals surface area contributed by atoms with Crippen LogP contribution in [0, 0.1) is 6.92 Å². The second-order valence-electron chi connectivity index (χ2n) is 6.69. The van der Waals surface area contributed by atoms with Crippen molar-refractivity contribution in [3.8, 4) is 0 Å². The van der Waals surface area contributed by atoms with E-state index >= 15 is 0 Å². The lowest BCUT2D eigenvalue weighted by molar-refractivity contribution is 0.476. The number of sulfonamides is 1. The standard InChI is InChI=1S/C19H20N4O3S/c1-14-18(21-17-7-3-2-6-16(17)20-14)13-22-12-15(8-9-19(22)24)27(25,26)23-10-4-5-11-23/h2-3,6-9,12H,4-5,10-11,13H2,1H3. The van der Waals surface area contributed by atoms with E-state index in [2.05, 4.69) is 9.97 Å². The van der Waals surface area contributed by atoms with Gasteiger partial charge in [-0.3, -0.25) is 4.79 Å². The number of fused-ring (bicyclic) bond motifs is 1. The number of hydrogen-bond acceptors (Lipinski definition) is 5. The summed E-state index contributed by atoms with van der Waals surface area (Å²) in [7, 11) is -3.58. The van der Waals surface area contributed by atoms with Crippen molar-refractivity contribution >= 4 is 21.1 Å². The minimum absolute atomic E-state index is 0.135. The summed E-state index contributed by atoms with van der Waals surface area (Å²) in [6, 6.07) is 10.2. The summed E-state index contributed by atoms with van der Waals surface area (Å²) in [6.45, 7) is 3.06. The molecular formula is C19H20N4O3S. The number of para-hydroxylation sites is 2. The highest BCUT2D eigenvalue weighted by Gasteiger charge is 2.27. The van der Waals surface area contributed by atoms with Crippen molar-refractivity contribution in [1.82, 2.24) is 18.8 Å². The molecule has 0 N–H and O–H groups in total. The molecule has 1 aliphatic rings. The second kappa shape index (κ2) is 6.86. The van der Waals surface area contributed by atoms with Gasteiger partial charge in [-0.25, -0.2) is 18.4 Å². The van der Waals surface area contributed by atoms with E-state index < -0.39 is 10.0 Å². The summed E-state index contributed by atoms with van der Waals surface area (Å²) in [5.74, 6) is 0. The molecule has 3 aromatic rings. The molecule has 1 fully saturated rings. The predicted molar refractivity (Wildman–Crippen MR) is 102 cm³/mol. The molecule has 2 aromatic heterocycles. The molecule has 0 saturated carbocycles. The van der Waals surface area contributed by atoms with Gasteiger partial charge < -0.3 is 4.57 Å². The Hall–Kier alpha value is -2.58. The van der Waals surface area contributed by atoms with Crippen molar-refractivity contribution in [2.75, 3.05) is 13.1 Å². The smallest absolute Gasteiger partial charge is 0.250 e. The quantitative estimate of drug-likeness (QED) is 0.686. The Balaban J connectivity index is 1.72. The Labute approximate surface area is 157 Å². The van der Waals surface area contributed by atoms with Crippen LogP contribution in [0.25, 0.3) is 11.0 Å². The van der Waals surface area contributed by atoms with E-state index in [-0.39, 0.29) is 17.0 Å². The fourth-order valence-corrected chi connectivity index (χ4v) is 4.84. The highest BCUT2D eigenvalue weighted by molar-refractivity contribution is 7.89. The molecule has 4 rings (SSSR count). The Morgan fingerprint density at radius 3 is 2.37 bits per heavy atom. The first-order valence-corrected chi connectivity index (χ1v) is 10.3. The molecule has 1 saturated heterocycles. The lowest BCUT2D eigenvalue weighted by Gasteiger charge is -2.16. The zero-order chi connectivity index (χ0) is 19.0.